The number of carboxylic acid groups (broad SMARTS) is 1. The molecule has 25 heavy (non-hydrogen) atoms. The molecule has 0 aromatic heterocycles. The lowest BCUT2D eigenvalue weighted by molar-refractivity contribution is -0.222. The second kappa shape index (κ2) is 11.0. The quantitative estimate of drug-likeness (QED) is 0.562. The Balaban J connectivity index is 2.59. The number of hydrogen-bond acceptors (Lipinski definition) is 7. The van der Waals surface area contributed by atoms with Crippen LogP contribution in [0.1, 0.15) is 52.4 Å². The maximum Gasteiger partial charge on any atom is 0.306 e. The van der Waals surface area contributed by atoms with Gasteiger partial charge in [0, 0.05) is 12.8 Å². The Labute approximate surface area is 147 Å². The third-order valence-corrected chi connectivity index (χ3v) is 4.10. The number of hydrogen-bond donors (Lipinski definition) is 2. The molecule has 4 atom stereocenters. The van der Waals surface area contributed by atoms with Gasteiger partial charge in [-0.2, -0.15) is 0 Å². The van der Waals surface area contributed by atoms with Gasteiger partial charge in [0.25, 0.3) is 0 Å². The average Bonchev–Trinajstić information content (AvgIpc) is 2.54. The molecule has 0 bridgehead atoms. The monoisotopic (exact) mass is 360 g/mol. The Morgan fingerprint density at radius 2 is 1.80 bits per heavy atom. The summed E-state index contributed by atoms with van der Waals surface area (Å²) in [5.74, 6) is -3.08. The predicted octanol–water partition coefficient (Wildman–Crippen LogP) is 1.49. The molecule has 0 aromatic carbocycles. The van der Waals surface area contributed by atoms with Gasteiger partial charge in [-0.05, 0) is 31.6 Å². The molecular weight excluding hydrogens is 332 g/mol. The summed E-state index contributed by atoms with van der Waals surface area (Å²) in [5, 5.41) is 19.3. The summed E-state index contributed by atoms with van der Waals surface area (Å²) in [6.45, 7) is 3.74. The van der Waals surface area contributed by atoms with Crippen LogP contribution in [0.25, 0.3) is 0 Å². The highest BCUT2D eigenvalue weighted by Gasteiger charge is 2.39. The molecule has 0 amide bonds. The highest BCUT2D eigenvalue weighted by Crippen LogP contribution is 2.29. The van der Waals surface area contributed by atoms with Crippen molar-refractivity contribution in [1.29, 1.82) is 0 Å². The van der Waals surface area contributed by atoms with Gasteiger partial charge in [-0.1, -0.05) is 13.8 Å². The van der Waals surface area contributed by atoms with E-state index in [4.69, 9.17) is 14.2 Å². The van der Waals surface area contributed by atoms with Crippen LogP contribution in [-0.2, 0) is 28.6 Å². The zero-order valence-corrected chi connectivity index (χ0v) is 14.8. The second-order valence-electron chi connectivity index (χ2n) is 6.20. The fourth-order valence-corrected chi connectivity index (χ4v) is 2.77. The van der Waals surface area contributed by atoms with Crippen LogP contribution < -0.4 is 0 Å². The first-order valence-electron chi connectivity index (χ1n) is 8.76. The Morgan fingerprint density at radius 3 is 2.40 bits per heavy atom. The zero-order chi connectivity index (χ0) is 18.8. The van der Waals surface area contributed by atoms with Crippen molar-refractivity contribution in [2.45, 2.75) is 64.8 Å². The molecule has 1 saturated heterocycles. The number of aliphatic hydroxyl groups is 1. The van der Waals surface area contributed by atoms with E-state index in [0.29, 0.717) is 19.3 Å². The normalized spacial score (nSPS) is 24.4. The lowest BCUT2D eigenvalue weighted by Crippen LogP contribution is -2.45. The molecule has 1 aliphatic heterocycles. The topological polar surface area (TPSA) is 119 Å². The summed E-state index contributed by atoms with van der Waals surface area (Å²) < 4.78 is 15.4. The molecule has 8 heteroatoms. The van der Waals surface area contributed by atoms with Crippen molar-refractivity contribution in [2.75, 3.05) is 13.2 Å². The van der Waals surface area contributed by atoms with Gasteiger partial charge in [0.1, 0.15) is 0 Å². The standard InChI is InChI=1S/C17H28O8/c1-3-5-14(18)23-8-7-12(16(20)21)11-9-13(17(22)24-10-11)25-15(19)6-4-2/h11-13,17,22H,3-10H2,1-2H3,(H,20,21)/t11?,12?,13-,17?/m1/s1. The summed E-state index contributed by atoms with van der Waals surface area (Å²) in [4.78, 5) is 34.5. The Morgan fingerprint density at radius 1 is 1.16 bits per heavy atom. The molecule has 0 aromatic rings. The van der Waals surface area contributed by atoms with Crippen LogP contribution in [0, 0.1) is 11.8 Å². The van der Waals surface area contributed by atoms with Gasteiger partial charge in [-0.15, -0.1) is 0 Å². The molecule has 8 nitrogen and oxygen atoms in total. The molecule has 1 aliphatic rings. The van der Waals surface area contributed by atoms with Gasteiger partial charge in [0.05, 0.1) is 19.1 Å². The molecule has 3 unspecified atom stereocenters. The van der Waals surface area contributed by atoms with E-state index < -0.39 is 36.2 Å². The van der Waals surface area contributed by atoms with Crippen LogP contribution in [0.2, 0.25) is 0 Å². The van der Waals surface area contributed by atoms with Crippen molar-refractivity contribution in [2.24, 2.45) is 11.8 Å². The Kier molecular flexibility index (Phi) is 9.44. The third-order valence-electron chi connectivity index (χ3n) is 4.10. The summed E-state index contributed by atoms with van der Waals surface area (Å²) in [6.07, 6.45) is 0.000175. The third kappa shape index (κ3) is 7.39. The summed E-state index contributed by atoms with van der Waals surface area (Å²) in [5.41, 5.74) is 0. The van der Waals surface area contributed by atoms with Gasteiger partial charge in [-0.25, -0.2) is 0 Å². The van der Waals surface area contributed by atoms with Crippen molar-refractivity contribution < 1.29 is 38.8 Å². The number of esters is 2. The molecule has 2 N–H and O–H groups in total. The first-order chi connectivity index (χ1) is 11.9. The van der Waals surface area contributed by atoms with E-state index >= 15 is 0 Å². The van der Waals surface area contributed by atoms with E-state index in [1.807, 2.05) is 13.8 Å². The Bertz CT molecular complexity index is 450. The average molecular weight is 360 g/mol. The van der Waals surface area contributed by atoms with Crippen LogP contribution in [-0.4, -0.2) is 53.7 Å². The molecule has 1 rings (SSSR count). The highest BCUT2D eigenvalue weighted by atomic mass is 16.6. The molecule has 0 radical (unpaired) electrons. The molecule has 0 saturated carbocycles. The fourth-order valence-electron chi connectivity index (χ4n) is 2.77. The zero-order valence-electron chi connectivity index (χ0n) is 14.8. The lowest BCUT2D eigenvalue weighted by Gasteiger charge is -2.35. The first-order valence-corrected chi connectivity index (χ1v) is 8.76. The van der Waals surface area contributed by atoms with Crippen LogP contribution in [0.4, 0.5) is 0 Å². The molecule has 0 spiro atoms. The van der Waals surface area contributed by atoms with Gasteiger partial charge in [0.15, 0.2) is 12.4 Å². The van der Waals surface area contributed by atoms with E-state index in [9.17, 15) is 24.6 Å². The van der Waals surface area contributed by atoms with Crippen molar-refractivity contribution in [3.05, 3.63) is 0 Å². The van der Waals surface area contributed by atoms with Crippen LogP contribution >= 0.6 is 0 Å². The SMILES string of the molecule is CCCC(=O)OCCC(C(=O)O)C1COC(O)[C@H](OC(=O)CCC)C1. The number of carbonyl (C=O) groups is 3. The van der Waals surface area contributed by atoms with Gasteiger partial charge in [0.2, 0.25) is 0 Å². The van der Waals surface area contributed by atoms with Gasteiger partial charge < -0.3 is 24.4 Å². The number of aliphatic carboxylic acids is 1. The maximum absolute atomic E-state index is 11.6. The van der Waals surface area contributed by atoms with Crippen molar-refractivity contribution in [3.63, 3.8) is 0 Å². The fraction of sp³-hybridized carbons (Fsp3) is 0.824. The summed E-state index contributed by atoms with van der Waals surface area (Å²) in [6, 6.07) is 0. The molecule has 0 aliphatic carbocycles. The number of carbonyl (C=O) groups excluding carboxylic acids is 2. The molecule has 1 heterocycles. The van der Waals surface area contributed by atoms with E-state index in [2.05, 4.69) is 0 Å². The summed E-state index contributed by atoms with van der Waals surface area (Å²) in [7, 11) is 0. The molecule has 1 fully saturated rings. The van der Waals surface area contributed by atoms with E-state index in [-0.39, 0.29) is 38.4 Å². The minimum atomic E-state index is -1.26. The number of carboxylic acids is 1. The van der Waals surface area contributed by atoms with Crippen molar-refractivity contribution in [3.8, 4) is 0 Å². The van der Waals surface area contributed by atoms with Gasteiger partial charge in [-0.3, -0.25) is 14.4 Å². The highest BCUT2D eigenvalue weighted by molar-refractivity contribution is 5.71. The van der Waals surface area contributed by atoms with Crippen LogP contribution in [0.15, 0.2) is 0 Å². The minimum absolute atomic E-state index is 0.00907. The van der Waals surface area contributed by atoms with E-state index in [0.717, 1.165) is 0 Å². The largest absolute Gasteiger partial charge is 0.481 e. The number of rotatable bonds is 10. The van der Waals surface area contributed by atoms with Crippen molar-refractivity contribution >= 4 is 17.9 Å². The predicted molar refractivity (Wildman–Crippen MR) is 86.5 cm³/mol. The lowest BCUT2D eigenvalue weighted by atomic mass is 9.84. The Hall–Kier alpha value is -1.67. The summed E-state index contributed by atoms with van der Waals surface area (Å²) >= 11 is 0. The number of ether oxygens (including phenoxy) is 3. The molecule has 144 valence electrons. The van der Waals surface area contributed by atoms with E-state index in [1.165, 1.54) is 0 Å². The molecular formula is C17H28O8. The van der Waals surface area contributed by atoms with Crippen molar-refractivity contribution in [1.82, 2.24) is 0 Å². The van der Waals surface area contributed by atoms with Crippen LogP contribution in [0.5, 0.6) is 0 Å². The first kappa shape index (κ1) is 21.4. The number of aliphatic hydroxyl groups excluding tert-OH is 1. The second-order valence-corrected chi connectivity index (χ2v) is 6.20. The van der Waals surface area contributed by atoms with E-state index in [1.54, 1.807) is 0 Å². The maximum atomic E-state index is 11.6. The minimum Gasteiger partial charge on any atom is -0.481 e. The smallest absolute Gasteiger partial charge is 0.306 e. The van der Waals surface area contributed by atoms with Crippen LogP contribution in [0.3, 0.4) is 0 Å². The van der Waals surface area contributed by atoms with Gasteiger partial charge >= 0.3 is 17.9 Å².